The summed E-state index contributed by atoms with van der Waals surface area (Å²) in [5, 5.41) is 0. The Kier molecular flexibility index (Phi) is 3.93. The van der Waals surface area contributed by atoms with Gasteiger partial charge in [-0.3, -0.25) is 9.69 Å². The second-order valence-electron chi connectivity index (χ2n) is 5.37. The van der Waals surface area contributed by atoms with Crippen LogP contribution < -0.4 is 0 Å². The van der Waals surface area contributed by atoms with E-state index in [0.717, 1.165) is 31.6 Å². The van der Waals surface area contributed by atoms with E-state index in [4.69, 9.17) is 0 Å². The van der Waals surface area contributed by atoms with Crippen molar-refractivity contribution >= 4 is 5.78 Å². The first kappa shape index (κ1) is 13.1. The molecule has 1 heterocycles. The van der Waals surface area contributed by atoms with Gasteiger partial charge in [-0.05, 0) is 24.1 Å². The summed E-state index contributed by atoms with van der Waals surface area (Å²) in [6.45, 7) is 3.04. The quantitative estimate of drug-likeness (QED) is 0.769. The molecule has 2 heteroatoms. The first-order valence-electron chi connectivity index (χ1n) is 7.20. The first-order chi connectivity index (χ1) is 9.83. The number of rotatable bonds is 5. The minimum atomic E-state index is 0.252. The molecular weight excluding hydrogens is 246 g/mol. The number of ketones is 1. The molecule has 1 aliphatic heterocycles. The maximum absolute atomic E-state index is 12.0. The number of Topliss-reactive ketones (excluding diaryl/α,β-unsaturated/α-hetero) is 1. The molecule has 0 amide bonds. The Balaban J connectivity index is 1.47. The van der Waals surface area contributed by atoms with Crippen LogP contribution in [0.4, 0.5) is 0 Å². The Morgan fingerprint density at radius 2 is 1.50 bits per heavy atom. The highest BCUT2D eigenvalue weighted by Gasteiger charge is 2.17. The normalized spacial score (nSPS) is 14.2. The van der Waals surface area contributed by atoms with Crippen LogP contribution in [0.2, 0.25) is 0 Å². The summed E-state index contributed by atoms with van der Waals surface area (Å²) in [6, 6.07) is 18.2. The van der Waals surface area contributed by atoms with Gasteiger partial charge in [-0.15, -0.1) is 0 Å². The molecule has 2 aromatic carbocycles. The van der Waals surface area contributed by atoms with Crippen molar-refractivity contribution in [1.82, 2.24) is 4.90 Å². The van der Waals surface area contributed by atoms with Crippen molar-refractivity contribution in [3.05, 3.63) is 71.3 Å². The average molecular weight is 265 g/mol. The summed E-state index contributed by atoms with van der Waals surface area (Å²) < 4.78 is 0. The van der Waals surface area contributed by atoms with Crippen molar-refractivity contribution in [1.29, 1.82) is 0 Å². The highest BCUT2D eigenvalue weighted by Crippen LogP contribution is 2.22. The number of fused-ring (bicyclic) bond motifs is 1. The Morgan fingerprint density at radius 1 is 0.900 bits per heavy atom. The van der Waals surface area contributed by atoms with Crippen LogP contribution in [0.25, 0.3) is 0 Å². The molecule has 0 saturated heterocycles. The molecule has 102 valence electrons. The van der Waals surface area contributed by atoms with Crippen molar-refractivity contribution in [2.24, 2.45) is 0 Å². The molecule has 0 spiro atoms. The lowest BCUT2D eigenvalue weighted by Crippen LogP contribution is -2.18. The van der Waals surface area contributed by atoms with Crippen molar-refractivity contribution in [2.75, 3.05) is 6.54 Å². The smallest absolute Gasteiger partial charge is 0.162 e. The van der Waals surface area contributed by atoms with Crippen LogP contribution in [-0.4, -0.2) is 17.2 Å². The van der Waals surface area contributed by atoms with Gasteiger partial charge >= 0.3 is 0 Å². The highest BCUT2D eigenvalue weighted by molar-refractivity contribution is 5.95. The first-order valence-corrected chi connectivity index (χ1v) is 7.20. The molecule has 0 radical (unpaired) electrons. The van der Waals surface area contributed by atoms with Crippen LogP contribution in [0.1, 0.15) is 34.3 Å². The summed E-state index contributed by atoms with van der Waals surface area (Å²) >= 11 is 0. The zero-order valence-corrected chi connectivity index (χ0v) is 11.6. The van der Waals surface area contributed by atoms with Gasteiger partial charge in [0, 0.05) is 25.1 Å². The van der Waals surface area contributed by atoms with Gasteiger partial charge in [0.1, 0.15) is 0 Å². The van der Waals surface area contributed by atoms with E-state index < -0.39 is 0 Å². The molecule has 0 aromatic heterocycles. The summed E-state index contributed by atoms with van der Waals surface area (Å²) in [5.74, 6) is 0.252. The molecule has 20 heavy (non-hydrogen) atoms. The molecular formula is C18H19NO. The molecule has 1 aliphatic rings. The molecule has 0 fully saturated rings. The number of nitrogens with zero attached hydrogens (tertiary/aromatic N) is 1. The predicted octanol–water partition coefficient (Wildman–Crippen LogP) is 3.67. The summed E-state index contributed by atoms with van der Waals surface area (Å²) in [5.41, 5.74) is 3.70. The van der Waals surface area contributed by atoms with Gasteiger partial charge < -0.3 is 0 Å². The lowest BCUT2D eigenvalue weighted by atomic mass is 10.1. The fraction of sp³-hybridized carbons (Fsp3) is 0.278. The Labute approximate surface area is 120 Å². The lowest BCUT2D eigenvalue weighted by molar-refractivity contribution is 0.0974. The van der Waals surface area contributed by atoms with Crippen LogP contribution in [0.5, 0.6) is 0 Å². The van der Waals surface area contributed by atoms with Gasteiger partial charge in [0.25, 0.3) is 0 Å². The van der Waals surface area contributed by atoms with Gasteiger partial charge in [-0.2, -0.15) is 0 Å². The molecule has 0 saturated carbocycles. The van der Waals surface area contributed by atoms with Gasteiger partial charge in [0.2, 0.25) is 0 Å². The molecule has 0 atom stereocenters. The number of carbonyl (C=O) groups is 1. The van der Waals surface area contributed by atoms with Crippen LogP contribution in [0.15, 0.2) is 54.6 Å². The average Bonchev–Trinajstić information content (AvgIpc) is 2.90. The maximum atomic E-state index is 12.0. The molecule has 0 N–H and O–H groups in total. The van der Waals surface area contributed by atoms with Crippen molar-refractivity contribution < 1.29 is 4.79 Å². The van der Waals surface area contributed by atoms with Crippen molar-refractivity contribution in [3.8, 4) is 0 Å². The van der Waals surface area contributed by atoms with Gasteiger partial charge in [0.15, 0.2) is 5.78 Å². The Hall–Kier alpha value is -1.93. The van der Waals surface area contributed by atoms with E-state index in [1.807, 2.05) is 30.3 Å². The van der Waals surface area contributed by atoms with Crippen molar-refractivity contribution in [2.45, 2.75) is 25.9 Å². The molecule has 2 aromatic rings. The lowest BCUT2D eigenvalue weighted by Gasteiger charge is -2.14. The summed E-state index contributed by atoms with van der Waals surface area (Å²) in [4.78, 5) is 14.4. The third-order valence-corrected chi connectivity index (χ3v) is 3.88. The minimum absolute atomic E-state index is 0.252. The van der Waals surface area contributed by atoms with Crippen LogP contribution >= 0.6 is 0 Å². The van der Waals surface area contributed by atoms with E-state index in [9.17, 15) is 4.79 Å². The monoisotopic (exact) mass is 265 g/mol. The van der Waals surface area contributed by atoms with E-state index >= 15 is 0 Å². The van der Waals surface area contributed by atoms with E-state index in [-0.39, 0.29) is 5.78 Å². The number of hydrogen-bond donors (Lipinski definition) is 0. The Bertz CT molecular complexity index is 566. The number of carbonyl (C=O) groups excluding carboxylic acids is 1. The number of hydrogen-bond acceptors (Lipinski definition) is 2. The standard InChI is InChI=1S/C18H19NO/c20-18(15-7-2-1-3-8-15)11-6-12-19-13-16-9-4-5-10-17(16)14-19/h1-5,7-10H,6,11-14H2. The fourth-order valence-electron chi connectivity index (χ4n) is 2.79. The minimum Gasteiger partial charge on any atom is -0.295 e. The van der Waals surface area contributed by atoms with E-state index in [1.54, 1.807) is 0 Å². The molecule has 2 nitrogen and oxygen atoms in total. The topological polar surface area (TPSA) is 20.3 Å². The summed E-state index contributed by atoms with van der Waals surface area (Å²) in [6.07, 6.45) is 1.57. The third kappa shape index (κ3) is 2.97. The zero-order chi connectivity index (χ0) is 13.8. The van der Waals surface area contributed by atoms with Gasteiger partial charge in [0.05, 0.1) is 0 Å². The largest absolute Gasteiger partial charge is 0.295 e. The van der Waals surface area contributed by atoms with Crippen LogP contribution in [0, 0.1) is 0 Å². The second-order valence-corrected chi connectivity index (χ2v) is 5.37. The van der Waals surface area contributed by atoms with Gasteiger partial charge in [-0.1, -0.05) is 54.6 Å². The highest BCUT2D eigenvalue weighted by atomic mass is 16.1. The Morgan fingerprint density at radius 3 is 2.15 bits per heavy atom. The van der Waals surface area contributed by atoms with Crippen molar-refractivity contribution in [3.63, 3.8) is 0 Å². The predicted molar refractivity (Wildman–Crippen MR) is 80.6 cm³/mol. The third-order valence-electron chi connectivity index (χ3n) is 3.88. The number of benzene rings is 2. The SMILES string of the molecule is O=C(CCCN1Cc2ccccc2C1)c1ccccc1. The van der Waals surface area contributed by atoms with Crippen LogP contribution in [-0.2, 0) is 13.1 Å². The van der Waals surface area contributed by atoms with Gasteiger partial charge in [-0.25, -0.2) is 0 Å². The van der Waals surface area contributed by atoms with E-state index in [1.165, 1.54) is 11.1 Å². The molecule has 0 unspecified atom stereocenters. The maximum Gasteiger partial charge on any atom is 0.162 e. The fourth-order valence-corrected chi connectivity index (χ4v) is 2.79. The summed E-state index contributed by atoms with van der Waals surface area (Å²) in [7, 11) is 0. The van der Waals surface area contributed by atoms with Crippen LogP contribution in [0.3, 0.4) is 0 Å². The van der Waals surface area contributed by atoms with E-state index in [2.05, 4.69) is 29.2 Å². The molecule has 0 aliphatic carbocycles. The van der Waals surface area contributed by atoms with E-state index in [0.29, 0.717) is 6.42 Å². The zero-order valence-electron chi connectivity index (χ0n) is 11.6. The molecule has 0 bridgehead atoms. The second kappa shape index (κ2) is 6.02. The molecule has 3 rings (SSSR count).